The number of rotatable bonds is 2. The number of fused-ring (bicyclic) bond motifs is 1. The van der Waals surface area contributed by atoms with E-state index in [4.69, 9.17) is 0 Å². The van der Waals surface area contributed by atoms with Gasteiger partial charge in [0.25, 0.3) is 0 Å². The second kappa shape index (κ2) is 5.28. The molecule has 0 bridgehead atoms. The summed E-state index contributed by atoms with van der Waals surface area (Å²) in [6.45, 7) is 8.97. The maximum Gasteiger partial charge on any atom is 0.0960 e. The predicted molar refractivity (Wildman–Crippen MR) is 78.8 cm³/mol. The standard InChI is InChI=1S/C14H26N3P/c1-10(2)14(18)9-7-5-6-8-12-13(14)15-16-17(12)11(3)4/h10-11H,5-9,18H2,1-4H3. The van der Waals surface area contributed by atoms with E-state index in [-0.39, 0.29) is 5.16 Å². The molecule has 18 heavy (non-hydrogen) atoms. The zero-order valence-corrected chi connectivity index (χ0v) is 13.3. The molecular weight excluding hydrogens is 241 g/mol. The van der Waals surface area contributed by atoms with Crippen LogP contribution in [0, 0.1) is 5.92 Å². The summed E-state index contributed by atoms with van der Waals surface area (Å²) in [6.07, 6.45) is 6.23. The quantitative estimate of drug-likeness (QED) is 0.765. The largest absolute Gasteiger partial charge is 0.247 e. The monoisotopic (exact) mass is 267 g/mol. The van der Waals surface area contributed by atoms with Crippen molar-refractivity contribution in [2.24, 2.45) is 5.92 Å². The molecule has 102 valence electrons. The zero-order chi connectivity index (χ0) is 13.3. The molecule has 1 heterocycles. The molecule has 0 saturated carbocycles. The van der Waals surface area contributed by atoms with E-state index >= 15 is 0 Å². The van der Waals surface area contributed by atoms with E-state index in [0.717, 1.165) is 6.42 Å². The minimum Gasteiger partial charge on any atom is -0.247 e. The van der Waals surface area contributed by atoms with E-state index in [9.17, 15) is 0 Å². The average molecular weight is 267 g/mol. The Morgan fingerprint density at radius 1 is 1.17 bits per heavy atom. The van der Waals surface area contributed by atoms with Crippen molar-refractivity contribution < 1.29 is 0 Å². The third-order valence-electron chi connectivity index (χ3n) is 4.26. The zero-order valence-electron chi connectivity index (χ0n) is 12.1. The average Bonchev–Trinajstić information content (AvgIpc) is 2.69. The van der Waals surface area contributed by atoms with Gasteiger partial charge in [-0.3, -0.25) is 0 Å². The number of hydrogen-bond acceptors (Lipinski definition) is 2. The van der Waals surface area contributed by atoms with Gasteiger partial charge in [-0.1, -0.05) is 31.9 Å². The molecule has 0 amide bonds. The van der Waals surface area contributed by atoms with E-state index in [1.807, 2.05) is 0 Å². The Balaban J connectivity index is 2.50. The summed E-state index contributed by atoms with van der Waals surface area (Å²) in [6, 6.07) is 0.405. The van der Waals surface area contributed by atoms with E-state index in [2.05, 4.69) is 51.9 Å². The lowest BCUT2D eigenvalue weighted by atomic mass is 9.82. The molecule has 3 nitrogen and oxygen atoms in total. The van der Waals surface area contributed by atoms with Gasteiger partial charge in [0.05, 0.1) is 11.4 Å². The summed E-state index contributed by atoms with van der Waals surface area (Å²) >= 11 is 0. The predicted octanol–water partition coefficient (Wildman–Crippen LogP) is 3.70. The highest BCUT2D eigenvalue weighted by molar-refractivity contribution is 7.18. The van der Waals surface area contributed by atoms with Gasteiger partial charge in [-0.15, -0.1) is 14.3 Å². The Labute approximate surface area is 113 Å². The number of hydrogen-bond donors (Lipinski definition) is 0. The fraction of sp³-hybridized carbons (Fsp3) is 0.857. The molecule has 0 N–H and O–H groups in total. The van der Waals surface area contributed by atoms with Crippen molar-refractivity contribution in [2.75, 3.05) is 0 Å². The Kier molecular flexibility index (Phi) is 4.11. The van der Waals surface area contributed by atoms with Gasteiger partial charge in [0, 0.05) is 11.2 Å². The Bertz CT molecular complexity index is 411. The van der Waals surface area contributed by atoms with Gasteiger partial charge in [0.15, 0.2) is 0 Å². The first-order valence-corrected chi connectivity index (χ1v) is 7.78. The first-order chi connectivity index (χ1) is 8.47. The second-order valence-corrected chi connectivity index (χ2v) is 7.21. The lowest BCUT2D eigenvalue weighted by molar-refractivity contribution is 0.378. The van der Waals surface area contributed by atoms with Crippen LogP contribution in [0.2, 0.25) is 0 Å². The summed E-state index contributed by atoms with van der Waals surface area (Å²) in [7, 11) is 3.09. The SMILES string of the molecule is CC(C)n1nnc2c1CCCCCC2(P)C(C)C. The van der Waals surface area contributed by atoms with Gasteiger partial charge >= 0.3 is 0 Å². The molecule has 1 aliphatic carbocycles. The van der Waals surface area contributed by atoms with Crippen molar-refractivity contribution in [1.29, 1.82) is 0 Å². The van der Waals surface area contributed by atoms with Gasteiger partial charge in [-0.05, 0) is 39.0 Å². The first kappa shape index (κ1) is 14.0. The van der Waals surface area contributed by atoms with Crippen LogP contribution in [0.4, 0.5) is 0 Å². The molecule has 1 aromatic rings. The van der Waals surface area contributed by atoms with Gasteiger partial charge < -0.3 is 0 Å². The molecule has 0 radical (unpaired) electrons. The van der Waals surface area contributed by atoms with Crippen LogP contribution in [-0.2, 0) is 11.6 Å². The molecule has 0 spiro atoms. The smallest absolute Gasteiger partial charge is 0.0960 e. The van der Waals surface area contributed by atoms with Gasteiger partial charge in [-0.2, -0.15) is 0 Å². The molecular formula is C14H26N3P. The summed E-state index contributed by atoms with van der Waals surface area (Å²) < 4.78 is 2.13. The minimum atomic E-state index is 0.114. The third kappa shape index (κ3) is 2.34. The number of aromatic nitrogens is 3. The van der Waals surface area contributed by atoms with Crippen LogP contribution in [0.25, 0.3) is 0 Å². The molecule has 0 fully saturated rings. The van der Waals surface area contributed by atoms with Crippen molar-refractivity contribution in [3.05, 3.63) is 11.4 Å². The maximum absolute atomic E-state index is 4.55. The van der Waals surface area contributed by atoms with Gasteiger partial charge in [0.1, 0.15) is 0 Å². The van der Waals surface area contributed by atoms with Crippen molar-refractivity contribution in [1.82, 2.24) is 15.0 Å². The summed E-state index contributed by atoms with van der Waals surface area (Å²) in [5.41, 5.74) is 2.60. The molecule has 0 aromatic carbocycles. The molecule has 4 heteroatoms. The Morgan fingerprint density at radius 2 is 1.89 bits per heavy atom. The van der Waals surface area contributed by atoms with E-state index in [1.165, 1.54) is 37.1 Å². The van der Waals surface area contributed by atoms with Crippen LogP contribution < -0.4 is 0 Å². The van der Waals surface area contributed by atoms with Crippen molar-refractivity contribution in [3.63, 3.8) is 0 Å². The normalized spacial score (nSPS) is 25.1. The number of nitrogens with zero attached hydrogens (tertiary/aromatic N) is 3. The van der Waals surface area contributed by atoms with Crippen LogP contribution in [0.3, 0.4) is 0 Å². The van der Waals surface area contributed by atoms with Crippen molar-refractivity contribution >= 4 is 9.24 Å². The topological polar surface area (TPSA) is 30.7 Å². The molecule has 2 rings (SSSR count). The fourth-order valence-electron chi connectivity index (χ4n) is 2.89. The maximum atomic E-state index is 4.55. The van der Waals surface area contributed by atoms with E-state index in [0.29, 0.717) is 12.0 Å². The molecule has 2 atom stereocenters. The lowest BCUT2D eigenvalue weighted by Gasteiger charge is -2.34. The summed E-state index contributed by atoms with van der Waals surface area (Å²) in [5, 5.41) is 9.07. The third-order valence-corrected chi connectivity index (χ3v) is 5.48. The first-order valence-electron chi connectivity index (χ1n) is 7.20. The highest BCUT2D eigenvalue weighted by Crippen LogP contribution is 2.45. The summed E-state index contributed by atoms with van der Waals surface area (Å²) in [4.78, 5) is 0. The minimum absolute atomic E-state index is 0.114. The molecule has 1 aliphatic rings. The molecule has 1 aromatic heterocycles. The molecule has 2 unspecified atom stereocenters. The highest BCUT2D eigenvalue weighted by Gasteiger charge is 2.37. The van der Waals surface area contributed by atoms with Crippen LogP contribution in [0.1, 0.15) is 70.8 Å². The van der Waals surface area contributed by atoms with Gasteiger partial charge in [-0.25, -0.2) is 4.68 Å². The van der Waals surface area contributed by atoms with Crippen LogP contribution in [0.15, 0.2) is 0 Å². The van der Waals surface area contributed by atoms with Crippen LogP contribution >= 0.6 is 9.24 Å². The van der Waals surface area contributed by atoms with Crippen LogP contribution in [-0.4, -0.2) is 15.0 Å². The lowest BCUT2D eigenvalue weighted by Crippen LogP contribution is -2.28. The van der Waals surface area contributed by atoms with Crippen molar-refractivity contribution in [3.8, 4) is 0 Å². The molecule has 0 aliphatic heterocycles. The summed E-state index contributed by atoms with van der Waals surface area (Å²) in [5.74, 6) is 0.580. The Morgan fingerprint density at radius 3 is 2.50 bits per heavy atom. The van der Waals surface area contributed by atoms with Gasteiger partial charge in [0.2, 0.25) is 0 Å². The van der Waals surface area contributed by atoms with E-state index in [1.54, 1.807) is 0 Å². The molecule has 0 saturated heterocycles. The van der Waals surface area contributed by atoms with Crippen molar-refractivity contribution in [2.45, 2.75) is 71.0 Å². The van der Waals surface area contributed by atoms with E-state index < -0.39 is 0 Å². The van der Waals surface area contributed by atoms with Crippen LogP contribution in [0.5, 0.6) is 0 Å². The fourth-order valence-corrected chi connectivity index (χ4v) is 3.32. The highest BCUT2D eigenvalue weighted by atomic mass is 31.0. The second-order valence-electron chi connectivity index (χ2n) is 6.18. The Hall–Kier alpha value is -0.430.